The number of hydrogen-bond acceptors (Lipinski definition) is 6. The predicted octanol–water partition coefficient (Wildman–Crippen LogP) is -2.60. The van der Waals surface area contributed by atoms with Crippen molar-refractivity contribution in [3.8, 4) is 0 Å². The average Bonchev–Trinajstić information content (AvgIpc) is 2.33. The van der Waals surface area contributed by atoms with E-state index >= 15 is 0 Å². The summed E-state index contributed by atoms with van der Waals surface area (Å²) < 4.78 is 0. The molecule has 2 aliphatic rings. The van der Waals surface area contributed by atoms with E-state index in [1.54, 1.807) is 0 Å². The zero-order valence-corrected chi connectivity index (χ0v) is 13.7. The predicted molar refractivity (Wildman–Crippen MR) is 59.8 cm³/mol. The van der Waals surface area contributed by atoms with Gasteiger partial charge in [-0.25, -0.2) is 0 Å². The summed E-state index contributed by atoms with van der Waals surface area (Å²) in [6, 6.07) is -0.706. The topological polar surface area (TPSA) is 110 Å². The smallest absolute Gasteiger partial charge is 0.253 e. The van der Waals surface area contributed by atoms with Gasteiger partial charge in [-0.15, -0.1) is 11.8 Å². The van der Waals surface area contributed by atoms with E-state index < -0.39 is 29.9 Å². The van der Waals surface area contributed by atoms with Crippen molar-refractivity contribution in [2.24, 2.45) is 0 Å². The molecule has 0 aromatic rings. The van der Waals surface area contributed by atoms with Crippen molar-refractivity contribution in [2.75, 3.05) is 12.4 Å². The monoisotopic (exact) mass is 360 g/mol. The van der Waals surface area contributed by atoms with Gasteiger partial charge in [-0.1, -0.05) is 0 Å². The van der Waals surface area contributed by atoms with Crippen molar-refractivity contribution < 1.29 is 57.3 Å². The van der Waals surface area contributed by atoms with Gasteiger partial charge >= 0.3 is 0 Å². The van der Waals surface area contributed by atoms with Crippen LogP contribution in [-0.4, -0.2) is 51.6 Å². The van der Waals surface area contributed by atoms with Crippen molar-refractivity contribution in [3.63, 3.8) is 0 Å². The quantitative estimate of drug-likeness (QED) is 0.534. The first-order valence-electron chi connectivity index (χ1n) is 5.23. The molecule has 1 fully saturated rings. The molecule has 9 heteroatoms. The standard InChI is InChI=1S/C10H12N2O5S.Y/c1-4(14)11-6-8(15)12-7(10(16)17)5(2-13)3-18-9(6)12;/h6,9,13H,2-3H2,1H3,(H,11,14)(H,16,17);/p-1. The zero-order valence-electron chi connectivity index (χ0n) is 10.1. The molecule has 0 aromatic carbocycles. The van der Waals surface area contributed by atoms with Gasteiger partial charge in [0.15, 0.2) is 0 Å². The van der Waals surface area contributed by atoms with Crippen LogP contribution < -0.4 is 10.4 Å². The Morgan fingerprint density at radius 1 is 1.58 bits per heavy atom. The van der Waals surface area contributed by atoms with Crippen molar-refractivity contribution in [2.45, 2.75) is 18.3 Å². The van der Waals surface area contributed by atoms with Crippen molar-refractivity contribution in [3.05, 3.63) is 11.3 Å². The van der Waals surface area contributed by atoms with Gasteiger partial charge in [0.25, 0.3) is 5.91 Å². The Morgan fingerprint density at radius 3 is 2.68 bits per heavy atom. The fourth-order valence-corrected chi connectivity index (χ4v) is 3.35. The fourth-order valence-electron chi connectivity index (χ4n) is 2.01. The fraction of sp³-hybridized carbons (Fsp3) is 0.500. The Morgan fingerprint density at radius 2 is 2.21 bits per heavy atom. The SMILES string of the molecule is CC(=O)NC1C(=O)N2C(C(=O)[O-])=C(CO)CSC12.[Y]. The Labute approximate surface area is 138 Å². The van der Waals surface area contributed by atoms with E-state index in [0.29, 0.717) is 5.75 Å². The first-order valence-corrected chi connectivity index (χ1v) is 6.28. The average molecular weight is 360 g/mol. The van der Waals surface area contributed by atoms with Crippen LogP contribution in [-0.2, 0) is 47.1 Å². The Balaban J connectivity index is 0.00000180. The summed E-state index contributed by atoms with van der Waals surface area (Å²) in [7, 11) is 0. The first-order chi connectivity index (χ1) is 8.47. The molecule has 1 saturated heterocycles. The molecule has 2 N–H and O–H groups in total. The van der Waals surface area contributed by atoms with Crippen LogP contribution in [0.2, 0.25) is 0 Å². The number of nitrogens with one attached hydrogen (secondary N) is 1. The number of carboxylic acids is 1. The second kappa shape index (κ2) is 6.34. The van der Waals surface area contributed by atoms with Gasteiger partial charge in [-0.3, -0.25) is 14.5 Å². The molecular formula is C10H11N2O5SY-. The molecule has 0 bridgehead atoms. The number of amides is 2. The molecule has 2 rings (SSSR count). The Hall–Kier alpha value is -0.436. The molecular weight excluding hydrogens is 349 g/mol. The zero-order chi connectivity index (χ0) is 13.4. The van der Waals surface area contributed by atoms with Crippen LogP contribution in [0.1, 0.15) is 6.92 Å². The molecule has 0 spiro atoms. The van der Waals surface area contributed by atoms with Crippen molar-refractivity contribution in [1.82, 2.24) is 10.2 Å². The third kappa shape index (κ3) is 2.86. The molecule has 2 amide bonds. The molecule has 7 nitrogen and oxygen atoms in total. The summed E-state index contributed by atoms with van der Waals surface area (Å²) in [5, 5.41) is 22.1. The van der Waals surface area contributed by atoms with Crippen molar-refractivity contribution in [1.29, 1.82) is 0 Å². The molecule has 101 valence electrons. The molecule has 2 unspecified atom stereocenters. The number of aliphatic carboxylic acids is 1. The van der Waals surface area contributed by atoms with E-state index in [9.17, 15) is 19.5 Å². The maximum atomic E-state index is 11.8. The number of aliphatic hydroxyl groups excluding tert-OH is 1. The number of nitrogens with zero attached hydrogens (tertiary/aromatic N) is 1. The normalized spacial score (nSPS) is 25.2. The van der Waals surface area contributed by atoms with Crippen molar-refractivity contribution >= 4 is 29.5 Å². The summed E-state index contributed by atoms with van der Waals surface area (Å²) in [5.74, 6) is -2.03. The third-order valence-electron chi connectivity index (χ3n) is 2.79. The van der Waals surface area contributed by atoms with Crippen LogP contribution in [0.3, 0.4) is 0 Å². The molecule has 2 heterocycles. The van der Waals surface area contributed by atoms with Gasteiger partial charge in [0, 0.05) is 45.4 Å². The number of rotatable bonds is 3. The summed E-state index contributed by atoms with van der Waals surface area (Å²) in [5.41, 5.74) is -0.0151. The minimum Gasteiger partial charge on any atom is -0.543 e. The van der Waals surface area contributed by atoms with Crippen LogP contribution in [0, 0.1) is 0 Å². The number of carboxylic acid groups (broad SMARTS) is 1. The third-order valence-corrected chi connectivity index (χ3v) is 4.13. The maximum absolute atomic E-state index is 11.8. The second-order valence-corrected chi connectivity index (χ2v) is 5.09. The van der Waals surface area contributed by atoms with E-state index in [2.05, 4.69) is 5.32 Å². The summed E-state index contributed by atoms with van der Waals surface area (Å²) in [6.45, 7) is 0.857. The minimum atomic E-state index is -1.49. The van der Waals surface area contributed by atoms with Crippen LogP contribution in [0.25, 0.3) is 0 Å². The summed E-state index contributed by atoms with van der Waals surface area (Å²) >= 11 is 1.30. The number of β-lactam (4-membered cyclic amide) rings is 1. The molecule has 0 saturated carbocycles. The number of carbonyl (C=O) groups is 3. The number of hydrogen-bond donors (Lipinski definition) is 2. The van der Waals surface area contributed by atoms with E-state index in [0.717, 1.165) is 4.90 Å². The number of thioether (sulfide) groups is 1. The number of aliphatic hydroxyl groups is 1. The van der Waals surface area contributed by atoms with Gasteiger partial charge in [0.1, 0.15) is 11.4 Å². The van der Waals surface area contributed by atoms with Crippen LogP contribution in [0.15, 0.2) is 11.3 Å². The van der Waals surface area contributed by atoms with Gasteiger partial charge in [0.2, 0.25) is 5.91 Å². The molecule has 19 heavy (non-hydrogen) atoms. The van der Waals surface area contributed by atoms with E-state index in [4.69, 9.17) is 5.11 Å². The van der Waals surface area contributed by atoms with Crippen LogP contribution in [0.4, 0.5) is 0 Å². The van der Waals surface area contributed by atoms with E-state index in [-0.39, 0.29) is 49.9 Å². The molecule has 0 aliphatic carbocycles. The van der Waals surface area contributed by atoms with Gasteiger partial charge < -0.3 is 20.3 Å². The van der Waals surface area contributed by atoms with Gasteiger partial charge in [-0.2, -0.15) is 0 Å². The molecule has 2 atom stereocenters. The first kappa shape index (κ1) is 16.6. The van der Waals surface area contributed by atoms with Gasteiger partial charge in [-0.05, 0) is 5.57 Å². The Bertz CT molecular complexity index is 467. The molecule has 0 aromatic heterocycles. The summed E-state index contributed by atoms with van der Waals surface area (Å²) in [4.78, 5) is 34.8. The minimum absolute atomic E-state index is 0. The second-order valence-electron chi connectivity index (χ2n) is 3.99. The molecule has 2 aliphatic heterocycles. The maximum Gasteiger partial charge on any atom is 0.253 e. The number of carbonyl (C=O) groups excluding carboxylic acids is 3. The van der Waals surface area contributed by atoms with E-state index in [1.807, 2.05) is 0 Å². The van der Waals surface area contributed by atoms with Crippen LogP contribution in [0.5, 0.6) is 0 Å². The Kier molecular flexibility index (Phi) is 5.55. The number of fused-ring (bicyclic) bond motifs is 1. The van der Waals surface area contributed by atoms with Crippen LogP contribution >= 0.6 is 11.8 Å². The largest absolute Gasteiger partial charge is 0.543 e. The summed E-state index contributed by atoms with van der Waals surface area (Å²) in [6.07, 6.45) is 0. The van der Waals surface area contributed by atoms with E-state index in [1.165, 1.54) is 18.7 Å². The molecule has 1 radical (unpaired) electrons. The van der Waals surface area contributed by atoms with Gasteiger partial charge in [0.05, 0.1) is 18.3 Å².